The smallest absolute Gasteiger partial charge is 0.00146 e. The highest BCUT2D eigenvalue weighted by Gasteiger charge is 2.10. The molecule has 1 atom stereocenters. The predicted octanol–water partition coefficient (Wildman–Crippen LogP) is 2.57. The van der Waals surface area contributed by atoms with Crippen molar-refractivity contribution < 1.29 is 0 Å². The van der Waals surface area contributed by atoms with Crippen molar-refractivity contribution >= 4 is 12.6 Å². The van der Waals surface area contributed by atoms with Crippen molar-refractivity contribution in [2.75, 3.05) is 19.6 Å². The summed E-state index contributed by atoms with van der Waals surface area (Å²) in [6.45, 7) is 6.19. The van der Waals surface area contributed by atoms with E-state index < -0.39 is 0 Å². The molecule has 12 heavy (non-hydrogen) atoms. The predicted molar refractivity (Wildman–Crippen MR) is 58.0 cm³/mol. The van der Waals surface area contributed by atoms with Gasteiger partial charge in [0, 0.05) is 5.25 Å². The highest BCUT2D eigenvalue weighted by molar-refractivity contribution is 7.80. The van der Waals surface area contributed by atoms with E-state index >= 15 is 0 Å². The van der Waals surface area contributed by atoms with Crippen LogP contribution in [0.1, 0.15) is 39.0 Å². The summed E-state index contributed by atoms with van der Waals surface area (Å²) in [5, 5.41) is 0.632. The lowest BCUT2D eigenvalue weighted by atomic mass is 10.2. The molecule has 1 rings (SSSR count). The molecule has 1 nitrogen and oxygen atoms in total. The summed E-state index contributed by atoms with van der Waals surface area (Å²) in [5.74, 6) is 0. The summed E-state index contributed by atoms with van der Waals surface area (Å²) in [7, 11) is 0. The minimum atomic E-state index is 0.632. The van der Waals surface area contributed by atoms with E-state index in [1.807, 2.05) is 0 Å². The number of hydrogen-bond acceptors (Lipinski definition) is 2. The molecule has 1 unspecified atom stereocenters. The molecule has 0 amide bonds. The Bertz CT molecular complexity index is 110. The molecule has 1 heterocycles. The number of thiol groups is 1. The highest BCUT2D eigenvalue weighted by Crippen LogP contribution is 2.12. The van der Waals surface area contributed by atoms with Gasteiger partial charge in [-0.1, -0.05) is 6.92 Å². The Balaban J connectivity index is 1.94. The van der Waals surface area contributed by atoms with Crippen LogP contribution in [0.15, 0.2) is 0 Å². The molecule has 1 fully saturated rings. The average Bonchev–Trinajstić information content (AvgIpc) is 2.57. The van der Waals surface area contributed by atoms with E-state index in [2.05, 4.69) is 24.5 Å². The van der Waals surface area contributed by atoms with Crippen LogP contribution in [-0.2, 0) is 0 Å². The van der Waals surface area contributed by atoms with Gasteiger partial charge in [0.25, 0.3) is 0 Å². The van der Waals surface area contributed by atoms with Gasteiger partial charge in [-0.2, -0.15) is 12.6 Å². The maximum Gasteiger partial charge on any atom is 0.00146 e. The summed E-state index contributed by atoms with van der Waals surface area (Å²) in [6.07, 6.45) is 6.66. The van der Waals surface area contributed by atoms with E-state index in [1.165, 1.54) is 51.7 Å². The first-order chi connectivity index (χ1) is 5.83. The first-order valence-corrected chi connectivity index (χ1v) is 5.75. The third-order valence-corrected chi connectivity index (χ3v) is 3.30. The monoisotopic (exact) mass is 187 g/mol. The molecular weight excluding hydrogens is 166 g/mol. The number of nitrogens with zero attached hydrogens (tertiary/aromatic N) is 1. The Kier molecular flexibility index (Phi) is 5.08. The molecule has 0 spiro atoms. The van der Waals surface area contributed by atoms with Gasteiger partial charge in [0.1, 0.15) is 0 Å². The molecule has 1 aliphatic rings. The van der Waals surface area contributed by atoms with Gasteiger partial charge in [-0.05, 0) is 51.7 Å². The maximum atomic E-state index is 4.49. The van der Waals surface area contributed by atoms with Crippen LogP contribution < -0.4 is 0 Å². The summed E-state index contributed by atoms with van der Waals surface area (Å²) >= 11 is 4.49. The van der Waals surface area contributed by atoms with Crippen LogP contribution in [0.25, 0.3) is 0 Å². The standard InChI is InChI=1S/C10H21NS/c1-2-10(12)6-5-9-11-7-3-4-8-11/h10,12H,2-9H2,1H3. The zero-order valence-corrected chi connectivity index (χ0v) is 9.02. The SMILES string of the molecule is CCC(S)CCCN1CCCC1. The third kappa shape index (κ3) is 3.81. The van der Waals surface area contributed by atoms with Crippen molar-refractivity contribution in [3.63, 3.8) is 0 Å². The molecule has 2 heteroatoms. The van der Waals surface area contributed by atoms with Crippen LogP contribution in [0.4, 0.5) is 0 Å². The fraction of sp³-hybridized carbons (Fsp3) is 1.00. The Hall–Kier alpha value is 0.310. The normalized spacial score (nSPS) is 21.5. The molecule has 0 radical (unpaired) electrons. The molecule has 0 aromatic heterocycles. The quantitative estimate of drug-likeness (QED) is 0.647. The van der Waals surface area contributed by atoms with Crippen LogP contribution in [0, 0.1) is 0 Å². The van der Waals surface area contributed by atoms with Crippen LogP contribution in [0.3, 0.4) is 0 Å². The highest BCUT2D eigenvalue weighted by atomic mass is 32.1. The number of hydrogen-bond donors (Lipinski definition) is 1. The second kappa shape index (κ2) is 5.87. The van der Waals surface area contributed by atoms with E-state index in [0.29, 0.717) is 5.25 Å². The van der Waals surface area contributed by atoms with Gasteiger partial charge in [0.15, 0.2) is 0 Å². The molecule has 1 aliphatic heterocycles. The van der Waals surface area contributed by atoms with Gasteiger partial charge in [-0.15, -0.1) is 0 Å². The van der Waals surface area contributed by atoms with Crippen molar-refractivity contribution in [1.29, 1.82) is 0 Å². The lowest BCUT2D eigenvalue weighted by Gasteiger charge is -2.15. The van der Waals surface area contributed by atoms with Crippen LogP contribution in [0.5, 0.6) is 0 Å². The molecule has 0 aliphatic carbocycles. The Labute approximate surface area is 81.9 Å². The summed E-state index contributed by atoms with van der Waals surface area (Å²) < 4.78 is 0. The Morgan fingerprint density at radius 2 is 2.00 bits per heavy atom. The largest absolute Gasteiger partial charge is 0.303 e. The second-order valence-corrected chi connectivity index (χ2v) is 4.48. The molecule has 72 valence electrons. The molecule has 1 saturated heterocycles. The lowest BCUT2D eigenvalue weighted by molar-refractivity contribution is 0.329. The third-order valence-electron chi connectivity index (χ3n) is 2.68. The van der Waals surface area contributed by atoms with Crippen molar-refractivity contribution in [2.24, 2.45) is 0 Å². The maximum absolute atomic E-state index is 4.49. The van der Waals surface area contributed by atoms with Crippen LogP contribution in [0.2, 0.25) is 0 Å². The average molecular weight is 187 g/mol. The van der Waals surface area contributed by atoms with Gasteiger partial charge in [-0.25, -0.2) is 0 Å². The minimum Gasteiger partial charge on any atom is -0.303 e. The molecule has 0 N–H and O–H groups in total. The summed E-state index contributed by atoms with van der Waals surface area (Å²) in [4.78, 5) is 2.58. The van der Waals surface area contributed by atoms with E-state index in [0.717, 1.165) is 0 Å². The van der Waals surface area contributed by atoms with E-state index in [1.54, 1.807) is 0 Å². The molecule has 0 saturated carbocycles. The topological polar surface area (TPSA) is 3.24 Å². The lowest BCUT2D eigenvalue weighted by Crippen LogP contribution is -2.20. The van der Waals surface area contributed by atoms with Crippen molar-refractivity contribution in [3.8, 4) is 0 Å². The van der Waals surface area contributed by atoms with Crippen LogP contribution in [-0.4, -0.2) is 29.8 Å². The zero-order valence-electron chi connectivity index (χ0n) is 8.13. The Morgan fingerprint density at radius 1 is 1.33 bits per heavy atom. The van der Waals surface area contributed by atoms with Crippen molar-refractivity contribution in [2.45, 2.75) is 44.3 Å². The van der Waals surface area contributed by atoms with Gasteiger partial charge in [0.05, 0.1) is 0 Å². The van der Waals surface area contributed by atoms with Gasteiger partial charge < -0.3 is 4.90 Å². The second-order valence-electron chi connectivity index (χ2n) is 3.75. The zero-order chi connectivity index (χ0) is 8.81. The fourth-order valence-corrected chi connectivity index (χ4v) is 1.94. The van der Waals surface area contributed by atoms with E-state index in [4.69, 9.17) is 0 Å². The van der Waals surface area contributed by atoms with Crippen molar-refractivity contribution in [1.82, 2.24) is 4.90 Å². The van der Waals surface area contributed by atoms with Crippen molar-refractivity contribution in [3.05, 3.63) is 0 Å². The first-order valence-electron chi connectivity index (χ1n) is 5.23. The van der Waals surface area contributed by atoms with Gasteiger partial charge >= 0.3 is 0 Å². The molecule has 0 aromatic carbocycles. The fourth-order valence-electron chi connectivity index (χ4n) is 1.76. The first kappa shape index (κ1) is 10.4. The molecular formula is C10H21NS. The van der Waals surface area contributed by atoms with E-state index in [9.17, 15) is 0 Å². The Morgan fingerprint density at radius 3 is 2.58 bits per heavy atom. The number of likely N-dealkylation sites (tertiary alicyclic amines) is 1. The number of rotatable bonds is 5. The van der Waals surface area contributed by atoms with Gasteiger partial charge in [0.2, 0.25) is 0 Å². The van der Waals surface area contributed by atoms with Crippen LogP contribution >= 0.6 is 12.6 Å². The minimum absolute atomic E-state index is 0.632. The molecule has 0 aromatic rings. The van der Waals surface area contributed by atoms with E-state index in [-0.39, 0.29) is 0 Å². The summed E-state index contributed by atoms with van der Waals surface area (Å²) in [6, 6.07) is 0. The summed E-state index contributed by atoms with van der Waals surface area (Å²) in [5.41, 5.74) is 0. The van der Waals surface area contributed by atoms with Gasteiger partial charge in [-0.3, -0.25) is 0 Å². The molecule has 0 bridgehead atoms.